The molecular formula is C18H24FNO4. The number of hydrogen-bond donors (Lipinski definition) is 2. The molecule has 1 heterocycles. The van der Waals surface area contributed by atoms with Crippen LogP contribution < -0.4 is 5.32 Å². The molecule has 1 saturated heterocycles. The van der Waals surface area contributed by atoms with Crippen LogP contribution in [-0.2, 0) is 16.0 Å². The molecule has 0 spiro atoms. The maximum Gasteiger partial charge on any atom is 0.338 e. The van der Waals surface area contributed by atoms with Gasteiger partial charge in [0.2, 0.25) is 5.91 Å². The number of hydrogen-bond acceptors (Lipinski definition) is 3. The lowest BCUT2D eigenvalue weighted by Crippen LogP contribution is -2.44. The van der Waals surface area contributed by atoms with E-state index in [1.165, 1.54) is 12.1 Å². The van der Waals surface area contributed by atoms with Crippen molar-refractivity contribution >= 4 is 11.9 Å². The van der Waals surface area contributed by atoms with E-state index in [4.69, 9.17) is 9.84 Å². The number of carbonyl (C=O) groups excluding carboxylic acids is 1. The van der Waals surface area contributed by atoms with Crippen LogP contribution >= 0.6 is 0 Å². The van der Waals surface area contributed by atoms with Gasteiger partial charge in [0.05, 0.1) is 18.1 Å². The molecule has 0 aliphatic carbocycles. The van der Waals surface area contributed by atoms with Crippen LogP contribution in [0.3, 0.4) is 0 Å². The average Bonchev–Trinajstić information content (AvgIpc) is 2.54. The normalized spacial score (nSPS) is 18.2. The fourth-order valence-corrected chi connectivity index (χ4v) is 2.89. The van der Waals surface area contributed by atoms with Crippen molar-refractivity contribution in [3.63, 3.8) is 0 Å². The van der Waals surface area contributed by atoms with E-state index in [1.54, 1.807) is 0 Å². The second-order valence-electron chi connectivity index (χ2n) is 6.92. The highest BCUT2D eigenvalue weighted by Crippen LogP contribution is 2.29. The van der Waals surface area contributed by atoms with Crippen LogP contribution in [0.2, 0.25) is 0 Å². The molecule has 1 aliphatic heterocycles. The number of ether oxygens (including phenoxy) is 1. The Morgan fingerprint density at radius 3 is 2.71 bits per heavy atom. The lowest BCUT2D eigenvalue weighted by Gasteiger charge is -2.36. The summed E-state index contributed by atoms with van der Waals surface area (Å²) in [5, 5.41) is 11.7. The van der Waals surface area contributed by atoms with E-state index in [9.17, 15) is 14.0 Å². The molecule has 2 N–H and O–H groups in total. The van der Waals surface area contributed by atoms with Crippen molar-refractivity contribution in [3.8, 4) is 0 Å². The lowest BCUT2D eigenvalue weighted by molar-refractivity contribution is -0.121. The highest BCUT2D eigenvalue weighted by atomic mass is 19.1. The van der Waals surface area contributed by atoms with Crippen molar-refractivity contribution in [2.45, 2.75) is 45.6 Å². The van der Waals surface area contributed by atoms with Gasteiger partial charge in [0.15, 0.2) is 0 Å². The van der Waals surface area contributed by atoms with E-state index >= 15 is 0 Å². The van der Waals surface area contributed by atoms with E-state index < -0.39 is 17.3 Å². The predicted octanol–water partition coefficient (Wildman–Crippen LogP) is 2.78. The monoisotopic (exact) mass is 337 g/mol. The first kappa shape index (κ1) is 18.4. The van der Waals surface area contributed by atoms with Gasteiger partial charge >= 0.3 is 5.97 Å². The summed E-state index contributed by atoms with van der Waals surface area (Å²) in [5.74, 6) is -2.37. The minimum atomic E-state index is -1.32. The molecule has 0 radical (unpaired) electrons. The van der Waals surface area contributed by atoms with Crippen molar-refractivity contribution in [2.75, 3.05) is 13.2 Å². The highest BCUT2D eigenvalue weighted by molar-refractivity contribution is 5.88. The molecule has 5 nitrogen and oxygen atoms in total. The van der Waals surface area contributed by atoms with Gasteiger partial charge < -0.3 is 15.2 Å². The Balaban J connectivity index is 1.88. The molecule has 1 aromatic rings. The molecule has 1 unspecified atom stereocenters. The standard InChI is InChI=1S/C18H24FNO4/c1-18(2,15-5-3-4-8-24-15)11-20-16(21)10-12-6-7-13(17(22)23)14(19)9-12/h6-7,9,15H,3-5,8,10-11H2,1-2H3,(H,20,21)(H,22,23). The molecule has 6 heteroatoms. The minimum Gasteiger partial charge on any atom is -0.478 e. The maximum atomic E-state index is 13.6. The van der Waals surface area contributed by atoms with Crippen LogP contribution in [0.25, 0.3) is 0 Å². The maximum absolute atomic E-state index is 13.6. The third-order valence-electron chi connectivity index (χ3n) is 4.42. The van der Waals surface area contributed by atoms with Crippen molar-refractivity contribution in [3.05, 3.63) is 35.1 Å². The number of carboxylic acid groups (broad SMARTS) is 1. The van der Waals surface area contributed by atoms with Gasteiger partial charge in [-0.25, -0.2) is 9.18 Å². The van der Waals surface area contributed by atoms with E-state index in [1.807, 2.05) is 0 Å². The van der Waals surface area contributed by atoms with Gasteiger partial charge in [0.1, 0.15) is 5.82 Å². The Morgan fingerprint density at radius 1 is 1.38 bits per heavy atom. The van der Waals surface area contributed by atoms with Gasteiger partial charge in [-0.05, 0) is 37.0 Å². The number of halogens is 1. The number of benzene rings is 1. The Labute approximate surface area is 141 Å². The zero-order valence-electron chi connectivity index (χ0n) is 14.1. The molecule has 1 amide bonds. The van der Waals surface area contributed by atoms with Crippen LogP contribution in [0, 0.1) is 11.2 Å². The Kier molecular flexibility index (Phi) is 5.94. The number of carbonyl (C=O) groups is 2. The summed E-state index contributed by atoms with van der Waals surface area (Å²) < 4.78 is 19.4. The molecule has 0 aromatic heterocycles. The number of rotatable bonds is 6. The largest absolute Gasteiger partial charge is 0.478 e. The van der Waals surface area contributed by atoms with Gasteiger partial charge in [0.25, 0.3) is 0 Å². The Morgan fingerprint density at radius 2 is 2.12 bits per heavy atom. The van der Waals surface area contributed by atoms with Gasteiger partial charge in [0, 0.05) is 18.6 Å². The van der Waals surface area contributed by atoms with E-state index in [0.29, 0.717) is 12.1 Å². The topological polar surface area (TPSA) is 75.6 Å². The molecule has 1 aliphatic rings. The van der Waals surface area contributed by atoms with Crippen molar-refractivity contribution in [1.82, 2.24) is 5.32 Å². The first-order valence-electron chi connectivity index (χ1n) is 8.19. The third kappa shape index (κ3) is 4.77. The first-order chi connectivity index (χ1) is 11.3. The molecule has 132 valence electrons. The molecule has 2 rings (SSSR count). The Hall–Kier alpha value is -1.95. The summed E-state index contributed by atoms with van der Waals surface area (Å²) in [6.45, 7) is 5.36. The van der Waals surface area contributed by atoms with E-state index in [0.717, 1.165) is 31.9 Å². The highest BCUT2D eigenvalue weighted by Gasteiger charge is 2.32. The predicted molar refractivity (Wildman–Crippen MR) is 87.4 cm³/mol. The average molecular weight is 337 g/mol. The van der Waals surface area contributed by atoms with Gasteiger partial charge in [-0.2, -0.15) is 0 Å². The van der Waals surface area contributed by atoms with Crippen molar-refractivity contribution in [1.29, 1.82) is 0 Å². The number of amides is 1. The molecule has 24 heavy (non-hydrogen) atoms. The minimum absolute atomic E-state index is 0.0123. The quantitative estimate of drug-likeness (QED) is 0.837. The van der Waals surface area contributed by atoms with Gasteiger partial charge in [-0.1, -0.05) is 19.9 Å². The van der Waals surface area contributed by atoms with Gasteiger partial charge in [-0.15, -0.1) is 0 Å². The zero-order valence-corrected chi connectivity index (χ0v) is 14.1. The molecule has 1 fully saturated rings. The lowest BCUT2D eigenvalue weighted by atomic mass is 9.82. The van der Waals surface area contributed by atoms with E-state index in [2.05, 4.69) is 19.2 Å². The molecule has 0 saturated carbocycles. The van der Waals surface area contributed by atoms with Crippen LogP contribution in [0.4, 0.5) is 4.39 Å². The van der Waals surface area contributed by atoms with Gasteiger partial charge in [-0.3, -0.25) is 4.79 Å². The smallest absolute Gasteiger partial charge is 0.338 e. The van der Waals surface area contributed by atoms with Crippen LogP contribution in [0.1, 0.15) is 49.0 Å². The molecule has 0 bridgehead atoms. The summed E-state index contributed by atoms with van der Waals surface area (Å²) in [7, 11) is 0. The fourth-order valence-electron chi connectivity index (χ4n) is 2.89. The molecule has 1 atom stereocenters. The second kappa shape index (κ2) is 7.75. The first-order valence-corrected chi connectivity index (χ1v) is 8.19. The summed E-state index contributed by atoms with van der Waals surface area (Å²) in [4.78, 5) is 22.9. The second-order valence-corrected chi connectivity index (χ2v) is 6.92. The summed E-state index contributed by atoms with van der Waals surface area (Å²) >= 11 is 0. The molecule has 1 aromatic carbocycles. The number of nitrogens with one attached hydrogen (secondary N) is 1. The third-order valence-corrected chi connectivity index (χ3v) is 4.42. The summed E-state index contributed by atoms with van der Waals surface area (Å²) in [6, 6.07) is 3.74. The van der Waals surface area contributed by atoms with Crippen molar-refractivity contribution < 1.29 is 23.8 Å². The van der Waals surface area contributed by atoms with Crippen molar-refractivity contribution in [2.24, 2.45) is 5.41 Å². The fraction of sp³-hybridized carbons (Fsp3) is 0.556. The number of carboxylic acids is 1. The van der Waals surface area contributed by atoms with E-state index in [-0.39, 0.29) is 23.8 Å². The van der Waals surface area contributed by atoms with Crippen LogP contribution in [0.15, 0.2) is 18.2 Å². The summed E-state index contributed by atoms with van der Waals surface area (Å²) in [6.07, 6.45) is 3.34. The number of aromatic carboxylic acids is 1. The van der Waals surface area contributed by atoms with Crippen LogP contribution in [-0.4, -0.2) is 36.2 Å². The van der Waals surface area contributed by atoms with Crippen LogP contribution in [0.5, 0.6) is 0 Å². The summed E-state index contributed by atoms with van der Waals surface area (Å²) in [5.41, 5.74) is -0.120. The SMILES string of the molecule is CC(C)(CNC(=O)Cc1ccc(C(=O)O)c(F)c1)C1CCCCO1. The zero-order chi connectivity index (χ0) is 17.7. The Bertz CT molecular complexity index is 609. The molecular weight excluding hydrogens is 313 g/mol.